The molecule has 10 atom stereocenters. The van der Waals surface area contributed by atoms with Crippen molar-refractivity contribution in [1.29, 1.82) is 0 Å². The van der Waals surface area contributed by atoms with E-state index >= 15 is 8.78 Å². The molecule has 2 saturated carbocycles. The maximum absolute atomic E-state index is 15.1. The lowest BCUT2D eigenvalue weighted by Gasteiger charge is -2.42. The Hall–Kier alpha value is -7.34. The first kappa shape index (κ1) is 48.9. The van der Waals surface area contributed by atoms with Crippen LogP contribution in [0.1, 0.15) is 131 Å². The molecular formula is C62H64F2N6O4. The van der Waals surface area contributed by atoms with E-state index in [1.807, 2.05) is 94.7 Å². The summed E-state index contributed by atoms with van der Waals surface area (Å²) >= 11 is 0. The quantitative estimate of drug-likeness (QED) is 0.120. The van der Waals surface area contributed by atoms with Crippen LogP contribution in [0.5, 0.6) is 0 Å². The smallest absolute Gasteiger partial charge is 0.251 e. The van der Waals surface area contributed by atoms with Gasteiger partial charge in [0.25, 0.3) is 11.8 Å². The Morgan fingerprint density at radius 3 is 1.19 bits per heavy atom. The maximum Gasteiger partial charge on any atom is 0.251 e. The Labute approximate surface area is 432 Å². The topological polar surface area (TPSA) is 123 Å². The van der Waals surface area contributed by atoms with Crippen molar-refractivity contribution in [2.75, 3.05) is 23.7 Å². The molecular weight excluding hydrogens is 931 g/mol. The van der Waals surface area contributed by atoms with Gasteiger partial charge in [-0.3, -0.25) is 19.2 Å². The molecule has 74 heavy (non-hydrogen) atoms. The van der Waals surface area contributed by atoms with Crippen LogP contribution in [0.2, 0.25) is 0 Å². The third kappa shape index (κ3) is 9.66. The highest BCUT2D eigenvalue weighted by molar-refractivity contribution is 5.95. The number of nitrogens with one attached hydrogen (secondary N) is 4. The SMILES string of the molecule is O=C(N[C@@H]1CCCC[C@@H]1C(=O)N1CC[C@@H]2[C@H](c3ccccc3)Nc3c(F)cccc3[C@@H]21)c1ccccc1.O=C(N[C@@H]1CCCC[C@@H]1C(=O)N1CC[C@H]2[C@@H](c3ccccc3)Nc3c(F)cccc3[C@H]21)c1ccccc1. The largest absolute Gasteiger partial charge is 0.375 e. The van der Waals surface area contributed by atoms with Gasteiger partial charge in [0.15, 0.2) is 0 Å². The van der Waals surface area contributed by atoms with E-state index < -0.39 is 0 Å². The third-order valence-electron chi connectivity index (χ3n) is 16.8. The van der Waals surface area contributed by atoms with Crippen LogP contribution in [0.3, 0.4) is 0 Å². The van der Waals surface area contributed by atoms with Crippen molar-refractivity contribution >= 4 is 35.0 Å². The highest BCUT2D eigenvalue weighted by Gasteiger charge is 2.51. The summed E-state index contributed by atoms with van der Waals surface area (Å²) in [5, 5.41) is 13.3. The molecule has 0 radical (unpaired) electrons. The molecule has 12 heteroatoms. The number of anilines is 2. The number of nitrogens with zero attached hydrogens (tertiary/aromatic N) is 2. The molecule has 2 saturated heterocycles. The Morgan fingerprint density at radius 2 is 0.797 bits per heavy atom. The summed E-state index contributed by atoms with van der Waals surface area (Å²) in [5.74, 6) is -0.966. The number of para-hydroxylation sites is 2. The van der Waals surface area contributed by atoms with Gasteiger partial charge >= 0.3 is 0 Å². The van der Waals surface area contributed by atoms with Crippen molar-refractivity contribution in [2.45, 2.75) is 100 Å². The molecule has 0 spiro atoms. The number of likely N-dealkylation sites (tertiary alicyclic amines) is 2. The molecule has 12 rings (SSSR count). The normalized spacial score (nSPS) is 26.5. The number of fused-ring (bicyclic) bond motifs is 6. The first-order valence-electron chi connectivity index (χ1n) is 26.8. The van der Waals surface area contributed by atoms with Crippen LogP contribution in [0.4, 0.5) is 20.2 Å². The minimum Gasteiger partial charge on any atom is -0.375 e. The standard InChI is InChI=1S/2C31H32FN3O2/c2*32-25-16-9-15-23-28(25)34-27(20-10-3-1-4-11-20)24-18-19-35(29(23)24)31(37)22-14-7-8-17-26(22)33-30(36)21-12-5-2-6-13-21/h2*1-6,9-13,15-16,22,24,26-27,29,34H,7-8,14,17-19H2,(H,33,36)/t22-,24+,26+,27-,29-;22-,24-,26+,27+,29+/m00/s1. The molecule has 6 aliphatic rings. The Kier molecular flexibility index (Phi) is 14.3. The molecule has 4 heterocycles. The number of benzene rings is 6. The minimum atomic E-state index is -0.290. The lowest BCUT2D eigenvalue weighted by Crippen LogP contribution is -2.50. The predicted octanol–water partition coefficient (Wildman–Crippen LogP) is 11.7. The van der Waals surface area contributed by atoms with E-state index in [0.29, 0.717) is 35.6 Å². The molecule has 4 N–H and O–H groups in total. The minimum absolute atomic E-state index is 0.0756. The maximum atomic E-state index is 15.1. The van der Waals surface area contributed by atoms with Crippen LogP contribution < -0.4 is 21.3 Å². The summed E-state index contributed by atoms with van der Waals surface area (Å²) in [6.07, 6.45) is 8.68. The molecule has 0 bridgehead atoms. The molecule has 0 unspecified atom stereocenters. The predicted molar refractivity (Wildman–Crippen MR) is 283 cm³/mol. The molecule has 6 aromatic rings. The fourth-order valence-corrected chi connectivity index (χ4v) is 13.3. The second-order valence-corrected chi connectivity index (χ2v) is 21.0. The number of halogens is 2. The van der Waals surface area contributed by atoms with Crippen LogP contribution in [0, 0.1) is 35.3 Å². The van der Waals surface area contributed by atoms with E-state index in [9.17, 15) is 19.2 Å². The third-order valence-corrected chi connectivity index (χ3v) is 16.8. The average molecular weight is 995 g/mol. The lowest BCUT2D eigenvalue weighted by molar-refractivity contribution is -0.139. The van der Waals surface area contributed by atoms with E-state index in [2.05, 4.69) is 45.5 Å². The van der Waals surface area contributed by atoms with Crippen molar-refractivity contribution in [3.63, 3.8) is 0 Å². The average Bonchev–Trinajstić information content (AvgIpc) is 4.11. The van der Waals surface area contributed by atoms with Gasteiger partial charge in [0.2, 0.25) is 11.8 Å². The first-order chi connectivity index (χ1) is 36.2. The molecule has 4 aliphatic heterocycles. The number of hydrogen-bond acceptors (Lipinski definition) is 6. The zero-order valence-electron chi connectivity index (χ0n) is 41.6. The highest BCUT2D eigenvalue weighted by atomic mass is 19.1. The van der Waals surface area contributed by atoms with Gasteiger partial charge in [0, 0.05) is 59.3 Å². The second-order valence-electron chi connectivity index (χ2n) is 21.0. The number of carbonyl (C=O) groups excluding carboxylic acids is 4. The van der Waals surface area contributed by atoms with Gasteiger partial charge in [-0.2, -0.15) is 0 Å². The summed E-state index contributed by atoms with van der Waals surface area (Å²) < 4.78 is 30.1. The summed E-state index contributed by atoms with van der Waals surface area (Å²) in [5.41, 5.74) is 6.11. The van der Waals surface area contributed by atoms with Crippen LogP contribution in [-0.4, -0.2) is 58.6 Å². The molecule has 2 aliphatic carbocycles. The van der Waals surface area contributed by atoms with E-state index in [1.54, 1.807) is 36.4 Å². The fourth-order valence-electron chi connectivity index (χ4n) is 13.3. The molecule has 380 valence electrons. The van der Waals surface area contributed by atoms with Crippen molar-refractivity contribution in [2.24, 2.45) is 23.7 Å². The van der Waals surface area contributed by atoms with Crippen molar-refractivity contribution < 1.29 is 28.0 Å². The number of hydrogen-bond donors (Lipinski definition) is 4. The van der Waals surface area contributed by atoms with Crippen LogP contribution >= 0.6 is 0 Å². The molecule has 10 nitrogen and oxygen atoms in total. The zero-order chi connectivity index (χ0) is 50.7. The van der Waals surface area contributed by atoms with Gasteiger partial charge in [0.1, 0.15) is 11.6 Å². The van der Waals surface area contributed by atoms with Gasteiger partial charge in [-0.15, -0.1) is 0 Å². The number of amides is 4. The Morgan fingerprint density at radius 1 is 0.432 bits per heavy atom. The summed E-state index contributed by atoms with van der Waals surface area (Å²) in [6.45, 7) is 1.26. The molecule has 4 amide bonds. The monoisotopic (exact) mass is 994 g/mol. The summed E-state index contributed by atoms with van der Waals surface area (Å²) in [7, 11) is 0. The molecule has 0 aromatic heterocycles. The summed E-state index contributed by atoms with van der Waals surface area (Å²) in [6, 6.07) is 48.0. The van der Waals surface area contributed by atoms with E-state index in [0.717, 1.165) is 86.5 Å². The zero-order valence-corrected chi connectivity index (χ0v) is 41.6. The molecule has 4 fully saturated rings. The van der Waals surface area contributed by atoms with Gasteiger partial charge in [-0.1, -0.05) is 147 Å². The Bertz CT molecular complexity index is 2760. The van der Waals surface area contributed by atoms with Gasteiger partial charge in [0.05, 0.1) is 47.4 Å². The lowest BCUT2D eigenvalue weighted by atomic mass is 9.79. The van der Waals surface area contributed by atoms with E-state index in [4.69, 9.17) is 0 Å². The Balaban J connectivity index is 0.000000159. The second kappa shape index (κ2) is 21.6. The van der Waals surface area contributed by atoms with Crippen molar-refractivity contribution in [3.8, 4) is 0 Å². The highest BCUT2D eigenvalue weighted by Crippen LogP contribution is 2.54. The van der Waals surface area contributed by atoms with Crippen LogP contribution in [0.15, 0.2) is 158 Å². The fraction of sp³-hybridized carbons (Fsp3) is 0.355. The van der Waals surface area contributed by atoms with Gasteiger partial charge < -0.3 is 31.1 Å². The molecule has 6 aromatic carbocycles. The van der Waals surface area contributed by atoms with E-state index in [1.165, 1.54) is 12.1 Å². The first-order valence-corrected chi connectivity index (χ1v) is 26.8. The number of carbonyl (C=O) groups is 4. The van der Waals surface area contributed by atoms with Crippen molar-refractivity contribution in [1.82, 2.24) is 20.4 Å². The van der Waals surface area contributed by atoms with Gasteiger partial charge in [-0.25, -0.2) is 8.78 Å². The van der Waals surface area contributed by atoms with Gasteiger partial charge in [-0.05, 0) is 86.1 Å². The summed E-state index contributed by atoms with van der Waals surface area (Å²) in [4.78, 5) is 58.2. The van der Waals surface area contributed by atoms with Crippen LogP contribution in [0.25, 0.3) is 0 Å². The van der Waals surface area contributed by atoms with E-state index in [-0.39, 0.29) is 95.2 Å². The van der Waals surface area contributed by atoms with Crippen molar-refractivity contribution in [3.05, 3.63) is 203 Å². The van der Waals surface area contributed by atoms with Crippen LogP contribution in [-0.2, 0) is 9.59 Å². The number of rotatable bonds is 8.